The van der Waals surface area contributed by atoms with Crippen molar-refractivity contribution in [3.8, 4) is 0 Å². The molecular weight excluding hydrogens is 270 g/mol. The third-order valence-corrected chi connectivity index (χ3v) is 4.12. The first kappa shape index (κ1) is 14.1. The van der Waals surface area contributed by atoms with E-state index < -0.39 is 5.82 Å². The maximum absolute atomic E-state index is 14.1. The second kappa shape index (κ2) is 5.90. The van der Waals surface area contributed by atoms with E-state index in [0.717, 1.165) is 24.6 Å². The Morgan fingerprint density at radius 3 is 3.00 bits per heavy atom. The van der Waals surface area contributed by atoms with Crippen LogP contribution in [-0.4, -0.2) is 11.5 Å². The molecule has 1 aliphatic carbocycles. The van der Waals surface area contributed by atoms with Gasteiger partial charge in [-0.2, -0.15) is 0 Å². The Morgan fingerprint density at radius 1 is 1.33 bits per heavy atom. The van der Waals surface area contributed by atoms with Gasteiger partial charge < -0.3 is 5.32 Å². The second-order valence-electron chi connectivity index (χ2n) is 5.39. The van der Waals surface area contributed by atoms with E-state index in [2.05, 4.69) is 16.4 Å². The molecule has 110 valence electrons. The number of halogens is 2. The van der Waals surface area contributed by atoms with Crippen molar-refractivity contribution in [2.75, 3.05) is 6.54 Å². The summed E-state index contributed by atoms with van der Waals surface area (Å²) in [4.78, 5) is 4.47. The highest BCUT2D eigenvalue weighted by Gasteiger charge is 2.33. The zero-order valence-corrected chi connectivity index (χ0v) is 11.9. The van der Waals surface area contributed by atoms with Crippen LogP contribution in [0.3, 0.4) is 0 Å². The highest BCUT2D eigenvalue weighted by molar-refractivity contribution is 5.34. The minimum Gasteiger partial charge on any atom is -0.310 e. The number of aryl methyl sites for hydroxylation is 1. The van der Waals surface area contributed by atoms with Crippen LogP contribution in [0.25, 0.3) is 0 Å². The van der Waals surface area contributed by atoms with Crippen LogP contribution in [0, 0.1) is 11.6 Å². The van der Waals surface area contributed by atoms with Crippen molar-refractivity contribution >= 4 is 0 Å². The third kappa shape index (κ3) is 2.68. The number of benzene rings is 1. The maximum Gasteiger partial charge on any atom is 0.128 e. The predicted molar refractivity (Wildman–Crippen MR) is 78.1 cm³/mol. The van der Waals surface area contributed by atoms with E-state index in [9.17, 15) is 8.78 Å². The molecule has 2 nitrogen and oxygen atoms in total. The van der Waals surface area contributed by atoms with Crippen molar-refractivity contribution in [3.05, 3.63) is 65.0 Å². The molecule has 0 radical (unpaired) electrons. The highest BCUT2D eigenvalue weighted by Crippen LogP contribution is 2.41. The molecule has 0 bridgehead atoms. The summed E-state index contributed by atoms with van der Waals surface area (Å²) in [5.41, 5.74) is 2.61. The lowest BCUT2D eigenvalue weighted by Gasteiger charge is -2.25. The van der Waals surface area contributed by atoms with Crippen LogP contribution in [-0.2, 0) is 6.42 Å². The summed E-state index contributed by atoms with van der Waals surface area (Å²) in [7, 11) is 0. The fraction of sp³-hybridized carbons (Fsp3) is 0.353. The first-order valence-corrected chi connectivity index (χ1v) is 7.32. The lowest BCUT2D eigenvalue weighted by molar-refractivity contribution is 0.426. The molecule has 21 heavy (non-hydrogen) atoms. The molecule has 1 aromatic carbocycles. The fourth-order valence-corrected chi connectivity index (χ4v) is 3.21. The summed E-state index contributed by atoms with van der Waals surface area (Å²) in [5.74, 6) is -0.697. The Kier molecular flexibility index (Phi) is 3.97. The number of fused-ring (bicyclic) bond motifs is 1. The molecule has 1 N–H and O–H groups in total. The van der Waals surface area contributed by atoms with Gasteiger partial charge in [-0.25, -0.2) is 8.78 Å². The largest absolute Gasteiger partial charge is 0.310 e. The molecule has 3 rings (SSSR count). The Hall–Kier alpha value is -1.81. The maximum atomic E-state index is 14.1. The standard InChI is InChI=1S/C17H18F2N2/c1-2-20-17(14-10-12(18)6-8-15(14)19)13-7-5-11-4-3-9-21-16(11)13/h3-4,6,8-10,13,17,20H,2,5,7H2,1H3. The molecule has 2 aromatic rings. The smallest absolute Gasteiger partial charge is 0.128 e. The van der Waals surface area contributed by atoms with Gasteiger partial charge in [0.2, 0.25) is 0 Å². The lowest BCUT2D eigenvalue weighted by Crippen LogP contribution is -2.27. The minimum absolute atomic E-state index is 0.0810. The minimum atomic E-state index is -0.409. The number of hydrogen-bond donors (Lipinski definition) is 1. The van der Waals surface area contributed by atoms with E-state index in [1.807, 2.05) is 13.0 Å². The van der Waals surface area contributed by atoms with Gasteiger partial charge in [0.05, 0.1) is 0 Å². The van der Waals surface area contributed by atoms with Gasteiger partial charge in [0.15, 0.2) is 0 Å². The van der Waals surface area contributed by atoms with Gasteiger partial charge in [-0.1, -0.05) is 13.0 Å². The van der Waals surface area contributed by atoms with E-state index in [1.165, 1.54) is 17.7 Å². The highest BCUT2D eigenvalue weighted by atomic mass is 19.1. The zero-order chi connectivity index (χ0) is 14.8. The van der Waals surface area contributed by atoms with Crippen LogP contribution in [0.2, 0.25) is 0 Å². The average Bonchev–Trinajstić information content (AvgIpc) is 2.91. The summed E-state index contributed by atoms with van der Waals surface area (Å²) in [6.07, 6.45) is 3.61. The van der Waals surface area contributed by atoms with Crippen LogP contribution in [0.15, 0.2) is 36.5 Å². The molecule has 4 heteroatoms. The third-order valence-electron chi connectivity index (χ3n) is 4.12. The molecule has 0 spiro atoms. The second-order valence-corrected chi connectivity index (χ2v) is 5.39. The van der Waals surface area contributed by atoms with Crippen LogP contribution in [0.5, 0.6) is 0 Å². The molecule has 1 aromatic heterocycles. The zero-order valence-electron chi connectivity index (χ0n) is 11.9. The molecular formula is C17H18F2N2. The normalized spacial score (nSPS) is 18.5. The molecule has 2 unspecified atom stereocenters. The predicted octanol–water partition coefficient (Wildman–Crippen LogP) is 3.74. The Bertz CT molecular complexity index is 642. The van der Waals surface area contributed by atoms with Gasteiger partial charge in [0.1, 0.15) is 11.6 Å². The first-order valence-electron chi connectivity index (χ1n) is 7.32. The van der Waals surface area contributed by atoms with E-state index >= 15 is 0 Å². The Morgan fingerprint density at radius 2 is 2.19 bits per heavy atom. The van der Waals surface area contributed by atoms with Gasteiger partial charge >= 0.3 is 0 Å². The Balaban J connectivity index is 2.01. The number of nitrogens with one attached hydrogen (secondary N) is 1. The molecule has 0 saturated heterocycles. The summed E-state index contributed by atoms with van der Waals surface area (Å²) >= 11 is 0. The molecule has 0 fully saturated rings. The van der Waals surface area contributed by atoms with E-state index in [0.29, 0.717) is 12.1 Å². The summed E-state index contributed by atoms with van der Waals surface area (Å²) in [6, 6.07) is 7.39. The lowest BCUT2D eigenvalue weighted by atomic mass is 9.90. The SMILES string of the molecule is CCNC(c1cc(F)ccc1F)C1CCc2cccnc21. The van der Waals surface area contributed by atoms with Crippen molar-refractivity contribution in [1.29, 1.82) is 0 Å². The van der Waals surface area contributed by atoms with E-state index in [1.54, 1.807) is 6.20 Å². The monoisotopic (exact) mass is 288 g/mol. The molecule has 0 saturated carbocycles. The molecule has 0 aliphatic heterocycles. The van der Waals surface area contributed by atoms with Crippen molar-refractivity contribution in [2.24, 2.45) is 0 Å². The number of pyridine rings is 1. The van der Waals surface area contributed by atoms with Crippen molar-refractivity contribution in [1.82, 2.24) is 10.3 Å². The Labute approximate surface area is 123 Å². The number of likely N-dealkylation sites (N-methyl/N-ethyl adjacent to an activating group) is 1. The van der Waals surface area contributed by atoms with Gasteiger partial charge in [-0.05, 0) is 49.2 Å². The summed E-state index contributed by atoms with van der Waals surface area (Å²) in [5, 5.41) is 3.30. The number of nitrogens with zero attached hydrogens (tertiary/aromatic N) is 1. The number of aromatic nitrogens is 1. The summed E-state index contributed by atoms with van der Waals surface area (Å²) < 4.78 is 27.7. The van der Waals surface area contributed by atoms with Crippen LogP contribution >= 0.6 is 0 Å². The molecule has 1 heterocycles. The van der Waals surface area contributed by atoms with Crippen LogP contribution in [0.1, 0.15) is 42.1 Å². The van der Waals surface area contributed by atoms with Gasteiger partial charge in [0.25, 0.3) is 0 Å². The quantitative estimate of drug-likeness (QED) is 0.927. The van der Waals surface area contributed by atoms with E-state index in [4.69, 9.17) is 0 Å². The van der Waals surface area contributed by atoms with Crippen molar-refractivity contribution < 1.29 is 8.78 Å². The van der Waals surface area contributed by atoms with Crippen molar-refractivity contribution in [3.63, 3.8) is 0 Å². The molecule has 2 atom stereocenters. The fourth-order valence-electron chi connectivity index (χ4n) is 3.21. The topological polar surface area (TPSA) is 24.9 Å². The average molecular weight is 288 g/mol. The van der Waals surface area contributed by atoms with Crippen molar-refractivity contribution in [2.45, 2.75) is 31.7 Å². The summed E-state index contributed by atoms with van der Waals surface area (Å²) in [6.45, 7) is 2.66. The van der Waals surface area contributed by atoms with Crippen LogP contribution in [0.4, 0.5) is 8.78 Å². The number of rotatable bonds is 4. The van der Waals surface area contributed by atoms with Gasteiger partial charge in [-0.3, -0.25) is 4.98 Å². The molecule has 0 amide bonds. The van der Waals surface area contributed by atoms with Crippen LogP contribution < -0.4 is 5.32 Å². The van der Waals surface area contributed by atoms with E-state index in [-0.39, 0.29) is 17.8 Å². The molecule has 1 aliphatic rings. The van der Waals surface area contributed by atoms with Gasteiger partial charge in [-0.15, -0.1) is 0 Å². The number of hydrogen-bond acceptors (Lipinski definition) is 2. The first-order chi connectivity index (χ1) is 10.2. The van der Waals surface area contributed by atoms with Gasteiger partial charge in [0, 0.05) is 29.4 Å².